The Bertz CT molecular complexity index is 3810. The summed E-state index contributed by atoms with van der Waals surface area (Å²) < 4.78 is 62.9. The molecule has 4 heterocycles. The van der Waals surface area contributed by atoms with Crippen LogP contribution < -0.4 is 0 Å². The monoisotopic (exact) mass is 771 g/mol. The lowest BCUT2D eigenvalue weighted by atomic mass is 9.91. The summed E-state index contributed by atoms with van der Waals surface area (Å²) in [5, 5.41) is 18.4. The highest BCUT2D eigenvalue weighted by Gasteiger charge is 2.36. The molecule has 0 fully saturated rings. The second-order valence-corrected chi connectivity index (χ2v) is 15.1. The van der Waals surface area contributed by atoms with Gasteiger partial charge in [0, 0.05) is 37.9 Å². The summed E-state index contributed by atoms with van der Waals surface area (Å²) in [4.78, 5) is 0. The van der Waals surface area contributed by atoms with E-state index < -0.39 is 11.7 Å². The summed E-state index contributed by atoms with van der Waals surface area (Å²) in [6.07, 6.45) is -4.68. The first-order valence-corrected chi connectivity index (χ1v) is 19.2. The number of alkyl halides is 3. The Morgan fingerprint density at radius 3 is 1.56 bits per heavy atom. The number of aryl methyl sites for hydroxylation is 1. The fraction of sp³-hybridized carbons (Fsp3) is 0.0392. The topological polar surface area (TPSA) is 59.9 Å². The smallest absolute Gasteiger partial charge is 0.417 e. The van der Waals surface area contributed by atoms with E-state index in [1.807, 2.05) is 130 Å². The summed E-state index contributed by atoms with van der Waals surface area (Å²) in [6, 6.07) is 49.7. The van der Waals surface area contributed by atoms with Gasteiger partial charge in [0.2, 0.25) is 0 Å². The van der Waals surface area contributed by atoms with Crippen LogP contribution in [0.15, 0.2) is 160 Å². The number of aromatic nitrogens is 2. The molecule has 12 aromatic rings. The van der Waals surface area contributed by atoms with Crippen molar-refractivity contribution in [3.05, 3.63) is 168 Å². The van der Waals surface area contributed by atoms with Crippen LogP contribution in [-0.2, 0) is 6.18 Å². The molecule has 0 radical (unpaired) electrons. The summed E-state index contributed by atoms with van der Waals surface area (Å²) in [5.41, 5.74) is 7.10. The second-order valence-electron chi connectivity index (χ2n) is 15.1. The van der Waals surface area contributed by atoms with Gasteiger partial charge >= 0.3 is 6.18 Å². The van der Waals surface area contributed by atoms with Gasteiger partial charge in [-0.05, 0) is 84.8 Å². The van der Waals surface area contributed by atoms with Crippen LogP contribution in [0.1, 0.15) is 16.7 Å². The van der Waals surface area contributed by atoms with E-state index in [9.17, 15) is 5.26 Å². The van der Waals surface area contributed by atoms with Crippen molar-refractivity contribution in [1.29, 1.82) is 5.26 Å². The van der Waals surface area contributed by atoms with Gasteiger partial charge in [-0.15, -0.1) is 0 Å². The standard InChI is InChI=1S/C51H28F3N3O2/c1-28-11-10-16-37(51(52,53)54)46(28)36-26-40(56-38-17-6-2-12-30(38)32-21-23-44-47(49(32)56)34-14-4-8-19-42(34)58-44)29(27-55)25-41(36)57-39-18-7-3-13-31(39)33-22-24-45-48(50(33)57)35-15-5-9-20-43(35)59-45/h2-26H,1H3. The van der Waals surface area contributed by atoms with Gasteiger partial charge in [0.05, 0.1) is 55.3 Å². The molecule has 8 heteroatoms. The van der Waals surface area contributed by atoms with E-state index >= 15 is 13.2 Å². The van der Waals surface area contributed by atoms with Crippen LogP contribution in [-0.4, -0.2) is 9.13 Å². The Balaban J connectivity index is 1.31. The van der Waals surface area contributed by atoms with Crippen molar-refractivity contribution in [3.8, 4) is 28.6 Å². The first-order chi connectivity index (χ1) is 28.8. The number of para-hydroxylation sites is 4. The number of nitrogens with zero attached hydrogens (tertiary/aromatic N) is 3. The lowest BCUT2D eigenvalue weighted by Gasteiger charge is -2.22. The van der Waals surface area contributed by atoms with Crippen molar-refractivity contribution in [2.75, 3.05) is 0 Å². The van der Waals surface area contributed by atoms with E-state index in [0.29, 0.717) is 44.8 Å². The molecule has 12 rings (SSSR count). The maximum atomic E-state index is 15.4. The predicted molar refractivity (Wildman–Crippen MR) is 230 cm³/mol. The summed E-state index contributed by atoms with van der Waals surface area (Å²) in [6.45, 7) is 1.71. The van der Waals surface area contributed by atoms with E-state index in [2.05, 4.69) is 6.07 Å². The molecule has 8 aromatic carbocycles. The zero-order valence-corrected chi connectivity index (χ0v) is 31.2. The largest absolute Gasteiger partial charge is 0.456 e. The van der Waals surface area contributed by atoms with Crippen LogP contribution >= 0.6 is 0 Å². The van der Waals surface area contributed by atoms with E-state index in [1.54, 1.807) is 25.1 Å². The minimum absolute atomic E-state index is 0.0376. The van der Waals surface area contributed by atoms with Gasteiger partial charge in [0.15, 0.2) is 0 Å². The molecule has 5 nitrogen and oxygen atoms in total. The highest BCUT2D eigenvalue weighted by Crippen LogP contribution is 2.48. The zero-order chi connectivity index (χ0) is 39.7. The second kappa shape index (κ2) is 11.9. The molecular weight excluding hydrogens is 744 g/mol. The fourth-order valence-electron chi connectivity index (χ4n) is 9.53. The number of nitriles is 1. The number of fused-ring (bicyclic) bond motifs is 14. The molecular formula is C51H28F3N3O2. The Morgan fingerprint density at radius 2 is 1.02 bits per heavy atom. The number of furan rings is 2. The van der Waals surface area contributed by atoms with Crippen molar-refractivity contribution < 1.29 is 22.0 Å². The number of hydrogen-bond donors (Lipinski definition) is 0. The normalized spacial score (nSPS) is 12.4. The van der Waals surface area contributed by atoms with E-state index in [-0.39, 0.29) is 11.1 Å². The Morgan fingerprint density at radius 1 is 0.508 bits per heavy atom. The van der Waals surface area contributed by atoms with Gasteiger partial charge in [-0.25, -0.2) is 0 Å². The first kappa shape index (κ1) is 33.4. The molecule has 4 aromatic heterocycles. The molecule has 280 valence electrons. The number of halogens is 3. The average Bonchev–Trinajstić information content (AvgIpc) is 4.00. The van der Waals surface area contributed by atoms with E-state index in [1.165, 1.54) is 6.07 Å². The SMILES string of the molecule is Cc1cccc(C(F)(F)F)c1-c1cc(-n2c3ccccc3c3ccc4oc5ccccc5c4c32)c(C#N)cc1-n1c2ccccc2c2ccc3oc4ccccc4c3c21. The third kappa shape index (κ3) is 4.55. The molecule has 59 heavy (non-hydrogen) atoms. The molecule has 0 N–H and O–H groups in total. The molecule has 0 aliphatic rings. The van der Waals surface area contributed by atoms with Gasteiger partial charge in [0.1, 0.15) is 28.4 Å². The Kier molecular flexibility index (Phi) is 6.73. The number of benzene rings is 8. The quantitative estimate of drug-likeness (QED) is 0.180. The molecule has 0 amide bonds. The van der Waals surface area contributed by atoms with Crippen molar-refractivity contribution >= 4 is 87.5 Å². The maximum absolute atomic E-state index is 15.4. The molecule has 0 saturated heterocycles. The summed E-state index contributed by atoms with van der Waals surface area (Å²) in [7, 11) is 0. The van der Waals surface area contributed by atoms with Crippen LogP contribution in [0.4, 0.5) is 13.2 Å². The first-order valence-electron chi connectivity index (χ1n) is 19.2. The molecule has 0 atom stereocenters. The maximum Gasteiger partial charge on any atom is 0.417 e. The summed E-state index contributed by atoms with van der Waals surface area (Å²) >= 11 is 0. The zero-order valence-electron chi connectivity index (χ0n) is 31.2. The van der Waals surface area contributed by atoms with Crippen LogP contribution in [0.2, 0.25) is 0 Å². The predicted octanol–water partition coefficient (Wildman–Crippen LogP) is 14.5. The molecule has 0 unspecified atom stereocenters. The Hall–Kier alpha value is -7.76. The summed E-state index contributed by atoms with van der Waals surface area (Å²) in [5.74, 6) is 0. The molecule has 0 aliphatic heterocycles. The van der Waals surface area contributed by atoms with Gasteiger partial charge in [-0.3, -0.25) is 0 Å². The fourth-order valence-corrected chi connectivity index (χ4v) is 9.53. The van der Waals surface area contributed by atoms with Gasteiger partial charge in [-0.1, -0.05) is 84.9 Å². The van der Waals surface area contributed by atoms with Crippen LogP contribution in [0.25, 0.3) is 110 Å². The minimum atomic E-state index is -4.68. The number of rotatable bonds is 3. The van der Waals surface area contributed by atoms with Crippen LogP contribution in [0.5, 0.6) is 0 Å². The highest BCUT2D eigenvalue weighted by molar-refractivity contribution is 6.26. The van der Waals surface area contributed by atoms with Crippen LogP contribution in [0, 0.1) is 18.3 Å². The molecule has 0 aliphatic carbocycles. The lowest BCUT2D eigenvalue weighted by Crippen LogP contribution is -2.10. The van der Waals surface area contributed by atoms with Crippen LogP contribution in [0.3, 0.4) is 0 Å². The Labute approximate surface area is 332 Å². The number of hydrogen-bond acceptors (Lipinski definition) is 3. The van der Waals surface area contributed by atoms with Crippen molar-refractivity contribution in [2.24, 2.45) is 0 Å². The average molecular weight is 772 g/mol. The van der Waals surface area contributed by atoms with Gasteiger partial charge in [-0.2, -0.15) is 18.4 Å². The van der Waals surface area contributed by atoms with Crippen molar-refractivity contribution in [1.82, 2.24) is 9.13 Å². The van der Waals surface area contributed by atoms with E-state index in [0.717, 1.165) is 71.2 Å². The highest BCUT2D eigenvalue weighted by atomic mass is 19.4. The third-order valence-electron chi connectivity index (χ3n) is 11.9. The van der Waals surface area contributed by atoms with Gasteiger partial charge < -0.3 is 18.0 Å². The van der Waals surface area contributed by atoms with Crippen molar-refractivity contribution in [2.45, 2.75) is 13.1 Å². The van der Waals surface area contributed by atoms with Crippen molar-refractivity contribution in [3.63, 3.8) is 0 Å². The van der Waals surface area contributed by atoms with Gasteiger partial charge in [0.25, 0.3) is 0 Å². The minimum Gasteiger partial charge on any atom is -0.456 e. The molecule has 0 saturated carbocycles. The lowest BCUT2D eigenvalue weighted by molar-refractivity contribution is -0.137. The molecule has 0 bridgehead atoms. The van der Waals surface area contributed by atoms with E-state index in [4.69, 9.17) is 8.83 Å². The molecule has 0 spiro atoms. The third-order valence-corrected chi connectivity index (χ3v) is 11.9.